The average molecular weight is 529 g/mol. The van der Waals surface area contributed by atoms with Gasteiger partial charge >= 0.3 is 23.2 Å². The van der Waals surface area contributed by atoms with E-state index in [1.165, 1.54) is 0 Å². The normalized spacial score (nSPS) is 30.6. The molecular formula is C11H19FN3O12P3S. The second-order valence-electron chi connectivity index (χ2n) is 6.55. The molecule has 0 aliphatic carbocycles. The number of anilines is 1. The van der Waals surface area contributed by atoms with E-state index < -0.39 is 65.5 Å². The lowest BCUT2D eigenvalue weighted by atomic mass is 9.96. The highest BCUT2D eigenvalue weighted by Gasteiger charge is 2.54. The van der Waals surface area contributed by atoms with Crippen molar-refractivity contribution < 1.29 is 60.9 Å². The van der Waals surface area contributed by atoms with Gasteiger partial charge in [0.2, 0.25) is 4.77 Å². The van der Waals surface area contributed by atoms with Crippen LogP contribution in [-0.2, 0) is 31.6 Å². The zero-order chi connectivity index (χ0) is 24.0. The Hall–Kier alpha value is -0.640. The third-order valence-corrected chi connectivity index (χ3v) is 8.68. The SMILES string of the molecule is CC1(O)[C@@H](O)[C@@H](COP(=O)(O)OP(C)(=O)OP(=O)(O)O)O[C@H]1n1cc(F)c(N)nc1=S. The number of halogens is 1. The van der Waals surface area contributed by atoms with Gasteiger partial charge in [0.25, 0.3) is 0 Å². The van der Waals surface area contributed by atoms with Crippen molar-refractivity contribution in [2.45, 2.75) is 31.0 Å². The predicted octanol–water partition coefficient (Wildman–Crippen LogP) is 0.409. The van der Waals surface area contributed by atoms with Crippen LogP contribution in [-0.4, -0.2) is 65.5 Å². The molecule has 0 bridgehead atoms. The van der Waals surface area contributed by atoms with Crippen LogP contribution in [0.25, 0.3) is 0 Å². The van der Waals surface area contributed by atoms with E-state index in [2.05, 4.69) is 18.1 Å². The molecule has 31 heavy (non-hydrogen) atoms. The molecule has 0 spiro atoms. The van der Waals surface area contributed by atoms with Crippen molar-refractivity contribution in [2.75, 3.05) is 19.0 Å². The van der Waals surface area contributed by atoms with Gasteiger partial charge in [-0.25, -0.2) is 22.1 Å². The molecule has 0 amide bonds. The zero-order valence-electron chi connectivity index (χ0n) is 15.7. The summed E-state index contributed by atoms with van der Waals surface area (Å²) in [7, 11) is -15.3. The maximum Gasteiger partial charge on any atom is 0.479 e. The van der Waals surface area contributed by atoms with Crippen molar-refractivity contribution in [3.05, 3.63) is 16.8 Å². The van der Waals surface area contributed by atoms with Crippen LogP contribution in [0.5, 0.6) is 0 Å². The van der Waals surface area contributed by atoms with Gasteiger partial charge in [-0.15, -0.1) is 0 Å². The van der Waals surface area contributed by atoms with Gasteiger partial charge in [0.15, 0.2) is 17.9 Å². The molecule has 1 aliphatic rings. The number of phosphoric ester groups is 1. The molecule has 2 heterocycles. The first kappa shape index (κ1) is 26.6. The number of aromatic nitrogens is 2. The number of nitrogens with two attached hydrogens (primary N) is 1. The number of aliphatic hydroxyl groups excluding tert-OH is 1. The maximum absolute atomic E-state index is 13.8. The Balaban J connectivity index is 2.16. The second kappa shape index (κ2) is 8.95. The highest BCUT2D eigenvalue weighted by atomic mass is 32.1. The quantitative estimate of drug-likeness (QED) is 0.198. The van der Waals surface area contributed by atoms with Crippen molar-refractivity contribution in [3.8, 4) is 0 Å². The molecule has 1 fully saturated rings. The minimum absolute atomic E-state index is 0.310. The summed E-state index contributed by atoms with van der Waals surface area (Å²) >= 11 is 4.93. The van der Waals surface area contributed by atoms with Crippen LogP contribution in [0.3, 0.4) is 0 Å². The molecule has 0 radical (unpaired) electrons. The molecule has 0 aromatic carbocycles. The lowest BCUT2D eigenvalue weighted by Crippen LogP contribution is -2.44. The van der Waals surface area contributed by atoms with Gasteiger partial charge in [0.05, 0.1) is 6.61 Å². The molecule has 0 saturated carbocycles. The molecule has 7 N–H and O–H groups in total. The van der Waals surface area contributed by atoms with E-state index in [1.807, 2.05) is 0 Å². The van der Waals surface area contributed by atoms with Crippen molar-refractivity contribution in [3.63, 3.8) is 0 Å². The maximum atomic E-state index is 13.8. The van der Waals surface area contributed by atoms with Crippen LogP contribution in [0.4, 0.5) is 10.2 Å². The topological polar surface area (TPSA) is 233 Å². The van der Waals surface area contributed by atoms with E-state index in [0.717, 1.165) is 17.7 Å². The molecular weight excluding hydrogens is 510 g/mol. The zero-order valence-corrected chi connectivity index (χ0v) is 19.2. The number of nitrogens with zero attached hydrogens (tertiary/aromatic N) is 2. The predicted molar refractivity (Wildman–Crippen MR) is 101 cm³/mol. The summed E-state index contributed by atoms with van der Waals surface area (Å²) in [5.74, 6) is -1.52. The molecule has 178 valence electrons. The number of rotatable bonds is 8. The molecule has 6 atom stereocenters. The third kappa shape index (κ3) is 6.68. The van der Waals surface area contributed by atoms with Crippen LogP contribution in [0.15, 0.2) is 6.20 Å². The number of phosphoric acid groups is 2. The van der Waals surface area contributed by atoms with Crippen molar-refractivity contribution in [1.29, 1.82) is 0 Å². The van der Waals surface area contributed by atoms with Crippen LogP contribution in [0.2, 0.25) is 0 Å². The number of ether oxygens (including phenoxy) is 1. The largest absolute Gasteiger partial charge is 0.479 e. The highest BCUT2D eigenvalue weighted by molar-refractivity contribution is 7.71. The number of nitrogen functional groups attached to an aromatic ring is 1. The van der Waals surface area contributed by atoms with E-state index >= 15 is 0 Å². The summed E-state index contributed by atoms with van der Waals surface area (Å²) in [5, 5.41) is 20.9. The number of hydrogen-bond donors (Lipinski definition) is 6. The summed E-state index contributed by atoms with van der Waals surface area (Å²) in [6.45, 7) is 0.654. The fourth-order valence-electron chi connectivity index (χ4n) is 2.59. The number of aliphatic hydroxyl groups is 2. The van der Waals surface area contributed by atoms with Gasteiger partial charge in [0.1, 0.15) is 17.8 Å². The van der Waals surface area contributed by atoms with Crippen LogP contribution >= 0.6 is 35.5 Å². The van der Waals surface area contributed by atoms with Gasteiger partial charge in [-0.1, -0.05) is 0 Å². The fraction of sp³-hybridized carbons (Fsp3) is 0.636. The molecule has 1 aromatic heterocycles. The summed E-state index contributed by atoms with van der Waals surface area (Å²) < 4.78 is 66.6. The Labute approximate surface area is 178 Å². The smallest absolute Gasteiger partial charge is 0.387 e. The van der Waals surface area contributed by atoms with Crippen molar-refractivity contribution in [1.82, 2.24) is 9.55 Å². The second-order valence-corrected chi connectivity index (χ2v) is 11.9. The first-order chi connectivity index (χ1) is 13.8. The lowest BCUT2D eigenvalue weighted by molar-refractivity contribution is -0.0980. The Morgan fingerprint density at radius 2 is 1.94 bits per heavy atom. The molecule has 15 nitrogen and oxygen atoms in total. The highest BCUT2D eigenvalue weighted by Crippen LogP contribution is 2.66. The summed E-state index contributed by atoms with van der Waals surface area (Å²) in [5.41, 5.74) is 3.18. The Morgan fingerprint density at radius 1 is 1.35 bits per heavy atom. The molecule has 20 heteroatoms. The van der Waals surface area contributed by atoms with E-state index in [-0.39, 0.29) is 4.77 Å². The Bertz CT molecular complexity index is 1050. The Kier molecular flexibility index (Phi) is 7.68. The lowest BCUT2D eigenvalue weighted by Gasteiger charge is -2.28. The molecule has 1 saturated heterocycles. The van der Waals surface area contributed by atoms with Gasteiger partial charge in [-0.3, -0.25) is 13.7 Å². The van der Waals surface area contributed by atoms with E-state index in [1.54, 1.807) is 0 Å². The van der Waals surface area contributed by atoms with Crippen LogP contribution in [0.1, 0.15) is 13.2 Å². The minimum atomic E-state index is -5.33. The molecule has 3 unspecified atom stereocenters. The summed E-state index contributed by atoms with van der Waals surface area (Å²) in [6.07, 6.45) is -4.06. The summed E-state index contributed by atoms with van der Waals surface area (Å²) in [6, 6.07) is 0. The van der Waals surface area contributed by atoms with Crippen LogP contribution < -0.4 is 5.73 Å². The monoisotopic (exact) mass is 529 g/mol. The van der Waals surface area contributed by atoms with Gasteiger partial charge in [0, 0.05) is 12.9 Å². The molecule has 1 aliphatic heterocycles. The van der Waals surface area contributed by atoms with Crippen LogP contribution in [0, 0.1) is 10.6 Å². The Morgan fingerprint density at radius 3 is 2.48 bits per heavy atom. The van der Waals surface area contributed by atoms with Crippen molar-refractivity contribution >= 4 is 41.3 Å². The number of hydrogen-bond acceptors (Lipinski definition) is 12. The standard InChI is InChI=1S/C11H19FN3O12P3S/c1-11(17)7(16)6(25-9(11)15-3-5(12)8(13)14-10(15)31)4-24-30(22,23)27-28(2,18)26-29(19,20)21/h3,6-7,9,16-17H,4H2,1-2H3,(H,22,23)(H2,13,14,31)(H2,19,20,21)/t6-,7+,9-,11?,28?/m1/s1. The van der Waals surface area contributed by atoms with Crippen molar-refractivity contribution in [2.24, 2.45) is 0 Å². The minimum Gasteiger partial charge on any atom is -0.387 e. The van der Waals surface area contributed by atoms with E-state index in [4.69, 9.17) is 32.5 Å². The molecule has 1 aromatic rings. The summed E-state index contributed by atoms with van der Waals surface area (Å²) in [4.78, 5) is 30.4. The van der Waals surface area contributed by atoms with E-state index in [0.29, 0.717) is 6.66 Å². The molecule has 2 rings (SSSR count). The van der Waals surface area contributed by atoms with Gasteiger partial charge in [-0.05, 0) is 19.1 Å². The first-order valence-corrected chi connectivity index (χ1v) is 13.4. The average Bonchev–Trinajstić information content (AvgIpc) is 2.76. The fourth-order valence-corrected chi connectivity index (χ4v) is 6.79. The van der Waals surface area contributed by atoms with E-state index in [9.17, 15) is 33.2 Å². The third-order valence-electron chi connectivity index (χ3n) is 3.85. The first-order valence-electron chi connectivity index (χ1n) is 7.98. The van der Waals surface area contributed by atoms with Gasteiger partial charge in [-0.2, -0.15) is 4.98 Å². The van der Waals surface area contributed by atoms with Gasteiger partial charge < -0.3 is 35.4 Å².